The maximum atomic E-state index is 7.26. The zero-order valence-electron chi connectivity index (χ0n) is 32.5. The molecule has 0 unspecified atom stereocenters. The molecule has 292 valence electrons. The van der Waals surface area contributed by atoms with E-state index in [2.05, 4.69) is 187 Å². The number of para-hydroxylation sites is 3. The van der Waals surface area contributed by atoms with E-state index in [0.717, 1.165) is 32.5 Å². The van der Waals surface area contributed by atoms with Crippen molar-refractivity contribution in [2.24, 2.45) is 4.99 Å². The van der Waals surface area contributed by atoms with Crippen molar-refractivity contribution in [2.45, 2.75) is 19.3 Å². The van der Waals surface area contributed by atoms with Gasteiger partial charge in [0.25, 0.3) is 0 Å². The van der Waals surface area contributed by atoms with Crippen LogP contribution >= 0.6 is 27.2 Å². The number of benzene rings is 7. The molecular weight excluding hydrogens is 828 g/mol. The molecule has 0 amide bonds. The maximum Gasteiger partial charge on any atom is 1.00 e. The van der Waals surface area contributed by atoms with Crippen molar-refractivity contribution < 1.29 is 21.8 Å². The van der Waals surface area contributed by atoms with E-state index >= 15 is 0 Å². The molecule has 3 heterocycles. The standard InChI is InChI=1S/C39H32OP2.C12H8N3S.Cu/c1-39(2)33-25-15-27-35(41(29-17-7-3-8-18-29)30-19-9-4-10-20-30)37(33)40-38-34(39)26-16-28-36(38)42(31-21-11-5-12-22-31)32-23-13-6-14-24-32;1-2-6-11-10(5-1)15-12(16-11)14-8-9-4-3-7-13-9;/h3-28H,1-2H3;1-8H;/q;-1;+1/b;14-8+;. The van der Waals surface area contributed by atoms with Gasteiger partial charge in [-0.2, -0.15) is 6.20 Å². The largest absolute Gasteiger partial charge is 1.00 e. The van der Waals surface area contributed by atoms with Gasteiger partial charge < -0.3 is 9.72 Å². The van der Waals surface area contributed by atoms with Gasteiger partial charge in [-0.05, 0) is 49.2 Å². The van der Waals surface area contributed by atoms with Gasteiger partial charge >= 0.3 is 17.1 Å². The van der Waals surface area contributed by atoms with E-state index in [9.17, 15) is 0 Å². The number of rotatable bonds is 8. The van der Waals surface area contributed by atoms with Crippen molar-refractivity contribution in [3.63, 3.8) is 0 Å². The molecule has 0 saturated heterocycles. The summed E-state index contributed by atoms with van der Waals surface area (Å²) in [4.78, 5) is 12.8. The molecule has 10 rings (SSSR count). The van der Waals surface area contributed by atoms with Crippen LogP contribution in [0.5, 0.6) is 11.5 Å². The Balaban J connectivity index is 0.000000238. The minimum atomic E-state index is -0.824. The predicted octanol–water partition coefficient (Wildman–Crippen LogP) is 10.6. The molecular formula is C51H40CuN3OP2S. The molecule has 0 saturated carbocycles. The molecule has 0 spiro atoms. The van der Waals surface area contributed by atoms with Crippen molar-refractivity contribution in [2.75, 3.05) is 0 Å². The van der Waals surface area contributed by atoms with Gasteiger partial charge in [0.1, 0.15) is 11.5 Å². The zero-order chi connectivity index (χ0) is 39.3. The fourth-order valence-electron chi connectivity index (χ4n) is 7.44. The zero-order valence-corrected chi connectivity index (χ0v) is 36.0. The first-order valence-electron chi connectivity index (χ1n) is 19.3. The number of aliphatic imine (C=N–C) groups is 1. The topological polar surface area (TPSA) is 48.6 Å². The molecule has 4 nitrogen and oxygen atoms in total. The summed E-state index contributed by atoms with van der Waals surface area (Å²) in [5, 5.41) is 8.58. The van der Waals surface area contributed by atoms with Crippen molar-refractivity contribution in [3.8, 4) is 11.5 Å². The van der Waals surface area contributed by atoms with E-state index in [1.54, 1.807) is 23.7 Å². The van der Waals surface area contributed by atoms with Gasteiger partial charge in [-0.15, -0.1) is 5.69 Å². The number of nitrogens with zero attached hydrogens (tertiary/aromatic N) is 3. The Bertz CT molecular complexity index is 2550. The third-order valence-electron chi connectivity index (χ3n) is 10.2. The van der Waals surface area contributed by atoms with Crippen molar-refractivity contribution in [1.29, 1.82) is 0 Å². The Morgan fingerprint density at radius 2 is 1.00 bits per heavy atom. The first-order chi connectivity index (χ1) is 28.5. The van der Waals surface area contributed by atoms with Crippen LogP contribution in [0, 0.1) is 0 Å². The average molecular weight is 868 g/mol. The van der Waals surface area contributed by atoms with Gasteiger partial charge in [-0.1, -0.05) is 207 Å². The van der Waals surface area contributed by atoms with E-state index in [1.807, 2.05) is 36.4 Å². The maximum absolute atomic E-state index is 7.26. The smallest absolute Gasteiger partial charge is 0.663 e. The van der Waals surface area contributed by atoms with Crippen molar-refractivity contribution in [3.05, 3.63) is 217 Å². The number of hydrogen-bond donors (Lipinski definition) is 0. The molecule has 1 aliphatic rings. The number of ether oxygens (including phenoxy) is 1. The third-order valence-corrected chi connectivity index (χ3v) is 16.1. The van der Waals surface area contributed by atoms with E-state index in [1.165, 1.54) is 43.0 Å². The quantitative estimate of drug-likeness (QED) is 0.0868. The van der Waals surface area contributed by atoms with E-state index in [4.69, 9.17) is 4.74 Å². The van der Waals surface area contributed by atoms with Crippen LogP contribution < -0.4 is 41.5 Å². The van der Waals surface area contributed by atoms with Gasteiger partial charge in [0, 0.05) is 33.4 Å². The van der Waals surface area contributed by atoms with Crippen molar-refractivity contribution in [1.82, 2.24) is 9.97 Å². The molecule has 9 aromatic rings. The third kappa shape index (κ3) is 8.52. The Morgan fingerprint density at radius 3 is 1.44 bits per heavy atom. The van der Waals surface area contributed by atoms with Gasteiger partial charge in [0.05, 0.1) is 10.2 Å². The molecule has 0 N–H and O–H groups in total. The van der Waals surface area contributed by atoms with Crippen LogP contribution in [0.3, 0.4) is 0 Å². The molecule has 59 heavy (non-hydrogen) atoms. The fourth-order valence-corrected chi connectivity index (χ4v) is 13.0. The minimum Gasteiger partial charge on any atom is -0.663 e. The molecule has 2 aromatic heterocycles. The summed E-state index contributed by atoms with van der Waals surface area (Å²) in [6.07, 6.45) is 3.48. The first kappa shape index (κ1) is 40.3. The molecule has 0 radical (unpaired) electrons. The average Bonchev–Trinajstić information content (AvgIpc) is 3.96. The van der Waals surface area contributed by atoms with Gasteiger partial charge in [-0.3, -0.25) is 0 Å². The number of aromatic nitrogens is 2. The molecule has 0 fully saturated rings. The van der Waals surface area contributed by atoms with Crippen LogP contribution in [0.1, 0.15) is 30.7 Å². The van der Waals surface area contributed by atoms with Gasteiger partial charge in [0.2, 0.25) is 5.13 Å². The number of hydrogen-bond acceptors (Lipinski definition) is 4. The normalized spacial score (nSPS) is 12.6. The summed E-state index contributed by atoms with van der Waals surface area (Å²) in [7, 11) is -1.65. The SMILES string of the molecule is C(=N\c1nc2ccccc2s1)/c1ccc[n-]1.CC1(C)c2cccc(P(c3ccccc3)c3ccccc3)c2Oc2c(P(c3ccccc3)c3ccccc3)cccc21.[Cu+]. The Morgan fingerprint density at radius 1 is 0.542 bits per heavy atom. The molecule has 0 atom stereocenters. The van der Waals surface area contributed by atoms with Crippen LogP contribution in [0.25, 0.3) is 10.2 Å². The molecule has 1 aliphatic heterocycles. The van der Waals surface area contributed by atoms with Crippen molar-refractivity contribution >= 4 is 80.6 Å². The summed E-state index contributed by atoms with van der Waals surface area (Å²) in [5.41, 5.74) is 4.12. The molecule has 8 heteroatoms. The first-order valence-corrected chi connectivity index (χ1v) is 22.8. The second-order valence-electron chi connectivity index (χ2n) is 14.3. The van der Waals surface area contributed by atoms with Crippen LogP contribution in [0.2, 0.25) is 0 Å². The summed E-state index contributed by atoms with van der Waals surface area (Å²) in [6, 6.07) is 69.0. The summed E-state index contributed by atoms with van der Waals surface area (Å²) < 4.78 is 8.41. The van der Waals surface area contributed by atoms with Crippen LogP contribution in [0.4, 0.5) is 5.13 Å². The Labute approximate surface area is 363 Å². The van der Waals surface area contributed by atoms with E-state index in [0.29, 0.717) is 0 Å². The van der Waals surface area contributed by atoms with Gasteiger partial charge in [0.15, 0.2) is 0 Å². The Kier molecular flexibility index (Phi) is 12.5. The van der Waals surface area contributed by atoms with Crippen LogP contribution in [0.15, 0.2) is 205 Å². The number of fused-ring (bicyclic) bond motifs is 3. The summed E-state index contributed by atoms with van der Waals surface area (Å²) >= 11 is 1.58. The van der Waals surface area contributed by atoms with E-state index < -0.39 is 15.8 Å². The summed E-state index contributed by atoms with van der Waals surface area (Å²) in [5.74, 6) is 2.02. The van der Waals surface area contributed by atoms with Crippen LogP contribution in [-0.2, 0) is 22.5 Å². The monoisotopic (exact) mass is 867 g/mol. The molecule has 0 aliphatic carbocycles. The second kappa shape index (κ2) is 18.2. The Hall–Kier alpha value is -5.44. The van der Waals surface area contributed by atoms with Gasteiger partial charge in [-0.25, -0.2) is 9.98 Å². The van der Waals surface area contributed by atoms with E-state index in [-0.39, 0.29) is 22.5 Å². The van der Waals surface area contributed by atoms with Crippen LogP contribution in [-0.4, -0.2) is 11.2 Å². The minimum absolute atomic E-state index is 0. The molecule has 7 aromatic carbocycles. The predicted molar refractivity (Wildman–Crippen MR) is 249 cm³/mol. The number of thiazole rings is 1. The summed E-state index contributed by atoms with van der Waals surface area (Å²) in [6.45, 7) is 4.70. The molecule has 0 bridgehead atoms. The fraction of sp³-hybridized carbons (Fsp3) is 0.0588. The second-order valence-corrected chi connectivity index (χ2v) is 19.7.